The van der Waals surface area contributed by atoms with Crippen LogP contribution in [0, 0.1) is 13.8 Å². The molecule has 1 atom stereocenters. The van der Waals surface area contributed by atoms with E-state index in [1.165, 1.54) is 5.56 Å². The van der Waals surface area contributed by atoms with Gasteiger partial charge in [-0.15, -0.1) is 5.10 Å². The van der Waals surface area contributed by atoms with Crippen molar-refractivity contribution in [3.8, 4) is 5.75 Å². The monoisotopic (exact) mass is 549 g/mol. The molecule has 0 saturated carbocycles. The number of hydrogen-bond donors (Lipinski definition) is 1. The highest BCUT2D eigenvalue weighted by Crippen LogP contribution is 2.30. The minimum atomic E-state index is -0.382. The van der Waals surface area contributed by atoms with Crippen LogP contribution in [-0.4, -0.2) is 63.4 Å². The van der Waals surface area contributed by atoms with Crippen LogP contribution in [-0.2, 0) is 13.0 Å². The number of methoxy groups -OCH3 is 1. The highest BCUT2D eigenvalue weighted by Gasteiger charge is 2.33. The number of aromatic nitrogens is 5. The first-order valence-corrected chi connectivity index (χ1v) is 14.1. The highest BCUT2D eigenvalue weighted by atomic mass is 16.5. The van der Waals surface area contributed by atoms with E-state index in [-0.39, 0.29) is 11.6 Å². The number of H-pyrrole nitrogens is 1. The zero-order valence-corrected chi connectivity index (χ0v) is 23.7. The summed E-state index contributed by atoms with van der Waals surface area (Å²) in [5.41, 5.74) is 6.03. The number of aromatic amines is 1. The molecule has 1 aliphatic heterocycles. The molecule has 2 aromatic heterocycles. The van der Waals surface area contributed by atoms with Crippen LogP contribution >= 0.6 is 0 Å². The predicted octanol–water partition coefficient (Wildman–Crippen LogP) is 4.29. The average molecular weight is 550 g/mol. The Morgan fingerprint density at radius 2 is 1.71 bits per heavy atom. The van der Waals surface area contributed by atoms with Gasteiger partial charge in [0.25, 0.3) is 5.56 Å². The summed E-state index contributed by atoms with van der Waals surface area (Å²) >= 11 is 0. The van der Waals surface area contributed by atoms with Crippen LogP contribution in [0.25, 0.3) is 10.9 Å². The maximum Gasteiger partial charge on any atom is 0.253 e. The number of pyridine rings is 1. The number of rotatable bonds is 8. The molecule has 1 saturated heterocycles. The third-order valence-corrected chi connectivity index (χ3v) is 8.01. The van der Waals surface area contributed by atoms with E-state index < -0.39 is 0 Å². The molecule has 6 rings (SSSR count). The van der Waals surface area contributed by atoms with Crippen molar-refractivity contribution in [2.45, 2.75) is 32.9 Å². The SMILES string of the molecule is COc1ccc(N2CCN([C@@H](c3cc4c(C)cc(C)cc4[nH]c3=O)c3nnnn3CCc3ccccc3)CC2)cc1. The topological polar surface area (TPSA) is 92.2 Å². The maximum absolute atomic E-state index is 13.7. The van der Waals surface area contributed by atoms with Gasteiger partial charge in [0.2, 0.25) is 0 Å². The number of anilines is 1. The van der Waals surface area contributed by atoms with Crippen LogP contribution in [0.5, 0.6) is 5.75 Å². The molecule has 0 aliphatic carbocycles. The number of tetrazole rings is 1. The number of benzene rings is 3. The molecule has 0 bridgehead atoms. The van der Waals surface area contributed by atoms with Crippen LogP contribution in [0.15, 0.2) is 77.6 Å². The van der Waals surface area contributed by atoms with Gasteiger partial charge in [0.15, 0.2) is 5.82 Å². The second-order valence-corrected chi connectivity index (χ2v) is 10.7. The number of piperazine rings is 1. The molecule has 0 unspecified atom stereocenters. The molecular weight excluding hydrogens is 514 g/mol. The quantitative estimate of drug-likeness (QED) is 0.309. The Balaban J connectivity index is 1.35. The fourth-order valence-electron chi connectivity index (χ4n) is 5.87. The van der Waals surface area contributed by atoms with Crippen LogP contribution < -0.4 is 15.2 Å². The number of nitrogens with zero attached hydrogens (tertiary/aromatic N) is 6. The van der Waals surface area contributed by atoms with Gasteiger partial charge in [-0.2, -0.15) is 0 Å². The standard InChI is InChI=1S/C32H35N7O2/c1-22-19-23(2)27-21-28(32(40)33-29(27)20-22)30(31-34-35-36-39(31)14-13-24-7-5-4-6-8-24)38-17-15-37(16-18-38)25-9-11-26(41-3)12-10-25/h4-12,19-21,30H,13-18H2,1-3H3,(H,33,40)/t30-/m0/s1. The smallest absolute Gasteiger partial charge is 0.253 e. The van der Waals surface area contributed by atoms with Crippen molar-refractivity contribution < 1.29 is 4.74 Å². The highest BCUT2D eigenvalue weighted by molar-refractivity contribution is 5.83. The summed E-state index contributed by atoms with van der Waals surface area (Å²) in [6.07, 6.45) is 0.795. The van der Waals surface area contributed by atoms with Gasteiger partial charge in [0, 0.05) is 54.9 Å². The second kappa shape index (κ2) is 11.5. The van der Waals surface area contributed by atoms with Crippen molar-refractivity contribution in [2.75, 3.05) is 38.2 Å². The zero-order chi connectivity index (χ0) is 28.3. The number of nitrogens with one attached hydrogen (secondary N) is 1. The lowest BCUT2D eigenvalue weighted by Gasteiger charge is -2.39. The van der Waals surface area contributed by atoms with Gasteiger partial charge < -0.3 is 14.6 Å². The fraction of sp³-hybridized carbons (Fsp3) is 0.312. The fourth-order valence-corrected chi connectivity index (χ4v) is 5.87. The van der Waals surface area contributed by atoms with Crippen molar-refractivity contribution in [1.82, 2.24) is 30.1 Å². The van der Waals surface area contributed by atoms with Gasteiger partial charge in [-0.05, 0) is 83.8 Å². The summed E-state index contributed by atoms with van der Waals surface area (Å²) in [6, 6.07) is 24.3. The minimum absolute atomic E-state index is 0.109. The normalized spacial score (nSPS) is 14.9. The van der Waals surface area contributed by atoms with Gasteiger partial charge in [-0.1, -0.05) is 36.4 Å². The van der Waals surface area contributed by atoms with Gasteiger partial charge in [-0.25, -0.2) is 4.68 Å². The van der Waals surface area contributed by atoms with Crippen LogP contribution in [0.3, 0.4) is 0 Å². The van der Waals surface area contributed by atoms with E-state index in [4.69, 9.17) is 4.74 Å². The third kappa shape index (κ3) is 5.58. The summed E-state index contributed by atoms with van der Waals surface area (Å²) in [5, 5.41) is 14.0. The van der Waals surface area contributed by atoms with Crippen molar-refractivity contribution in [3.63, 3.8) is 0 Å². The molecule has 3 heterocycles. The van der Waals surface area contributed by atoms with Crippen molar-refractivity contribution in [1.29, 1.82) is 0 Å². The van der Waals surface area contributed by atoms with E-state index in [1.54, 1.807) is 7.11 Å². The molecule has 1 fully saturated rings. The van der Waals surface area contributed by atoms with Gasteiger partial charge in [0.05, 0.1) is 7.11 Å². The zero-order valence-electron chi connectivity index (χ0n) is 23.7. The molecule has 0 amide bonds. The molecule has 0 radical (unpaired) electrons. The Kier molecular flexibility index (Phi) is 7.52. The molecule has 5 aromatic rings. The maximum atomic E-state index is 13.7. The van der Waals surface area contributed by atoms with Crippen molar-refractivity contribution in [2.24, 2.45) is 0 Å². The molecular formula is C32H35N7O2. The van der Waals surface area contributed by atoms with E-state index in [0.29, 0.717) is 17.9 Å². The van der Waals surface area contributed by atoms with Crippen LogP contribution in [0.1, 0.15) is 34.1 Å². The van der Waals surface area contributed by atoms with E-state index in [9.17, 15) is 4.79 Å². The largest absolute Gasteiger partial charge is 0.497 e. The summed E-state index contributed by atoms with van der Waals surface area (Å²) < 4.78 is 7.19. The number of fused-ring (bicyclic) bond motifs is 1. The molecule has 1 N–H and O–H groups in total. The summed E-state index contributed by atoms with van der Waals surface area (Å²) in [6.45, 7) is 7.91. The van der Waals surface area contributed by atoms with Crippen molar-refractivity contribution >= 4 is 16.6 Å². The Bertz CT molecular complexity index is 1690. The molecule has 41 heavy (non-hydrogen) atoms. The van der Waals surface area contributed by atoms with Gasteiger partial charge >= 0.3 is 0 Å². The third-order valence-electron chi connectivity index (χ3n) is 8.01. The molecule has 210 valence electrons. The summed E-state index contributed by atoms with van der Waals surface area (Å²) in [5.74, 6) is 1.53. The van der Waals surface area contributed by atoms with Gasteiger partial charge in [-0.3, -0.25) is 9.69 Å². The first-order chi connectivity index (χ1) is 20.0. The lowest BCUT2D eigenvalue weighted by atomic mass is 9.99. The summed E-state index contributed by atoms with van der Waals surface area (Å²) in [4.78, 5) is 21.6. The number of hydrogen-bond acceptors (Lipinski definition) is 7. The first-order valence-electron chi connectivity index (χ1n) is 14.1. The molecule has 1 aliphatic rings. The molecule has 9 heteroatoms. The Morgan fingerprint density at radius 3 is 2.44 bits per heavy atom. The van der Waals surface area contributed by atoms with Crippen LogP contribution in [0.4, 0.5) is 5.69 Å². The summed E-state index contributed by atoms with van der Waals surface area (Å²) in [7, 11) is 1.68. The lowest BCUT2D eigenvalue weighted by Crippen LogP contribution is -2.49. The van der Waals surface area contributed by atoms with Gasteiger partial charge in [0.1, 0.15) is 11.8 Å². The van der Waals surface area contributed by atoms with E-state index in [0.717, 1.165) is 66.1 Å². The predicted molar refractivity (Wildman–Crippen MR) is 161 cm³/mol. The average Bonchev–Trinajstić information content (AvgIpc) is 3.46. The number of aryl methyl sites for hydroxylation is 4. The lowest BCUT2D eigenvalue weighted by molar-refractivity contribution is 0.199. The van der Waals surface area contributed by atoms with E-state index >= 15 is 0 Å². The Labute approximate surface area is 239 Å². The molecule has 9 nitrogen and oxygen atoms in total. The first kappa shape index (κ1) is 26.7. The van der Waals surface area contributed by atoms with Crippen molar-refractivity contribution in [3.05, 3.63) is 111 Å². The number of ether oxygens (including phenoxy) is 1. The van der Waals surface area contributed by atoms with E-state index in [2.05, 4.69) is 67.6 Å². The van der Waals surface area contributed by atoms with E-state index in [1.807, 2.05) is 54.1 Å². The van der Waals surface area contributed by atoms with Crippen LogP contribution in [0.2, 0.25) is 0 Å². The Morgan fingerprint density at radius 1 is 0.951 bits per heavy atom. The minimum Gasteiger partial charge on any atom is -0.497 e. The second-order valence-electron chi connectivity index (χ2n) is 10.7. The Hall–Kier alpha value is -4.50. The molecule has 3 aromatic carbocycles. The molecule has 0 spiro atoms.